The molecule has 14 heavy (non-hydrogen) atoms. The normalized spacial score (nSPS) is 22.1. The molecule has 0 saturated carbocycles. The van der Waals surface area contributed by atoms with E-state index in [2.05, 4.69) is 13.8 Å². The molecule has 0 aromatic rings. The van der Waals surface area contributed by atoms with Gasteiger partial charge in [0.05, 0.1) is 0 Å². The van der Waals surface area contributed by atoms with Gasteiger partial charge in [-0.1, -0.05) is 13.8 Å². The van der Waals surface area contributed by atoms with Gasteiger partial charge in [-0.2, -0.15) is 0 Å². The zero-order chi connectivity index (χ0) is 10.7. The summed E-state index contributed by atoms with van der Waals surface area (Å²) in [7, 11) is 0. The molecule has 1 fully saturated rings. The van der Waals surface area contributed by atoms with E-state index in [1.165, 1.54) is 4.90 Å². The number of carbonyl (C=O) groups excluding carboxylic acids is 1. The summed E-state index contributed by atoms with van der Waals surface area (Å²) in [6.45, 7) is 4.70. The highest BCUT2D eigenvalue weighted by Gasteiger charge is 2.30. The van der Waals surface area contributed by atoms with Gasteiger partial charge in [-0.05, 0) is 18.3 Å². The number of nitrogens with zero attached hydrogens (tertiary/aromatic N) is 1. The average molecular weight is 199 g/mol. The highest BCUT2D eigenvalue weighted by atomic mass is 16.4. The van der Waals surface area contributed by atoms with Gasteiger partial charge in [0.15, 0.2) is 0 Å². The number of carboxylic acid groups (broad SMARTS) is 1. The molecule has 0 unspecified atom stereocenters. The summed E-state index contributed by atoms with van der Waals surface area (Å²) in [6.07, 6.45) is 1.52. The number of carbonyl (C=O) groups is 2. The second-order valence-electron chi connectivity index (χ2n) is 4.37. The lowest BCUT2D eigenvalue weighted by molar-refractivity contribution is -0.142. The van der Waals surface area contributed by atoms with Gasteiger partial charge in [-0.15, -0.1) is 0 Å². The van der Waals surface area contributed by atoms with Crippen LogP contribution in [0.3, 0.4) is 0 Å². The first kappa shape index (κ1) is 11.0. The molecule has 1 saturated heterocycles. The Morgan fingerprint density at radius 3 is 2.79 bits per heavy atom. The van der Waals surface area contributed by atoms with E-state index in [0.717, 1.165) is 6.42 Å². The minimum Gasteiger partial charge on any atom is -0.480 e. The number of rotatable bonds is 4. The average Bonchev–Trinajstić information content (AvgIpc) is 2.28. The minimum atomic E-state index is -0.927. The van der Waals surface area contributed by atoms with E-state index in [1.54, 1.807) is 0 Å². The molecule has 1 atom stereocenters. The minimum absolute atomic E-state index is 0.0157. The van der Waals surface area contributed by atoms with Crippen molar-refractivity contribution in [3.63, 3.8) is 0 Å². The van der Waals surface area contributed by atoms with Gasteiger partial charge in [0.25, 0.3) is 0 Å². The monoisotopic (exact) mass is 199 g/mol. The predicted octanol–water partition coefficient (Wildman–Crippen LogP) is 0.966. The third kappa shape index (κ3) is 3.01. The van der Waals surface area contributed by atoms with E-state index >= 15 is 0 Å². The van der Waals surface area contributed by atoms with Crippen LogP contribution in [0.1, 0.15) is 26.7 Å². The number of carboxylic acids is 1. The molecular weight excluding hydrogens is 182 g/mol. The second kappa shape index (κ2) is 4.44. The van der Waals surface area contributed by atoms with Gasteiger partial charge >= 0.3 is 5.97 Å². The van der Waals surface area contributed by atoms with Gasteiger partial charge in [0.2, 0.25) is 5.91 Å². The maximum Gasteiger partial charge on any atom is 0.323 e. The van der Waals surface area contributed by atoms with E-state index in [4.69, 9.17) is 5.11 Å². The van der Waals surface area contributed by atoms with Gasteiger partial charge in [-0.3, -0.25) is 9.59 Å². The predicted molar refractivity (Wildman–Crippen MR) is 51.8 cm³/mol. The van der Waals surface area contributed by atoms with Crippen LogP contribution < -0.4 is 0 Å². The lowest BCUT2D eigenvalue weighted by Gasteiger charge is -2.14. The lowest BCUT2D eigenvalue weighted by atomic mass is 9.96. The summed E-state index contributed by atoms with van der Waals surface area (Å²) in [6, 6.07) is 0. The van der Waals surface area contributed by atoms with Crippen LogP contribution in [0.2, 0.25) is 0 Å². The molecule has 0 radical (unpaired) electrons. The molecule has 0 aromatic carbocycles. The van der Waals surface area contributed by atoms with E-state index < -0.39 is 5.97 Å². The van der Waals surface area contributed by atoms with Crippen LogP contribution in [0.5, 0.6) is 0 Å². The highest BCUT2D eigenvalue weighted by Crippen LogP contribution is 2.23. The summed E-state index contributed by atoms with van der Waals surface area (Å²) in [5.41, 5.74) is 0. The standard InChI is InChI=1S/C10H17NO3/c1-7(2)3-8-4-9(12)11(5-8)6-10(13)14/h7-8H,3-6H2,1-2H3,(H,13,14)/t8-/m0/s1. The fourth-order valence-corrected chi connectivity index (χ4v) is 1.99. The molecule has 1 heterocycles. The molecule has 0 aromatic heterocycles. The van der Waals surface area contributed by atoms with Gasteiger partial charge in [0, 0.05) is 13.0 Å². The molecule has 1 rings (SSSR count). The highest BCUT2D eigenvalue weighted by molar-refractivity contribution is 5.83. The van der Waals surface area contributed by atoms with Crippen LogP contribution in [-0.4, -0.2) is 35.0 Å². The molecule has 4 nitrogen and oxygen atoms in total. The maximum atomic E-state index is 11.4. The summed E-state index contributed by atoms with van der Waals surface area (Å²) in [5.74, 6) is -0.0268. The van der Waals surface area contributed by atoms with Gasteiger partial charge in [-0.25, -0.2) is 0 Å². The Morgan fingerprint density at radius 1 is 1.64 bits per heavy atom. The molecule has 0 aliphatic carbocycles. The Hall–Kier alpha value is -1.06. The summed E-state index contributed by atoms with van der Waals surface area (Å²) in [5, 5.41) is 8.57. The summed E-state index contributed by atoms with van der Waals surface area (Å²) >= 11 is 0. The molecule has 1 N–H and O–H groups in total. The SMILES string of the molecule is CC(C)C[C@H]1CC(=O)N(CC(=O)O)C1. The van der Waals surface area contributed by atoms with Crippen molar-refractivity contribution in [2.45, 2.75) is 26.7 Å². The fourth-order valence-electron chi connectivity index (χ4n) is 1.99. The van der Waals surface area contributed by atoms with Gasteiger partial charge < -0.3 is 10.0 Å². The maximum absolute atomic E-state index is 11.4. The van der Waals surface area contributed by atoms with Gasteiger partial charge in [0.1, 0.15) is 6.54 Å². The Labute approximate surface area is 83.9 Å². The van der Waals surface area contributed by atoms with Crippen LogP contribution >= 0.6 is 0 Å². The molecule has 1 aliphatic heterocycles. The molecule has 1 amide bonds. The Balaban J connectivity index is 2.43. The largest absolute Gasteiger partial charge is 0.480 e. The van der Waals surface area contributed by atoms with Crippen molar-refractivity contribution in [1.82, 2.24) is 4.90 Å². The first-order valence-electron chi connectivity index (χ1n) is 4.98. The van der Waals surface area contributed by atoms with Crippen molar-refractivity contribution >= 4 is 11.9 Å². The quantitative estimate of drug-likeness (QED) is 0.733. The van der Waals surface area contributed by atoms with Crippen molar-refractivity contribution in [1.29, 1.82) is 0 Å². The third-order valence-corrected chi connectivity index (χ3v) is 2.43. The first-order valence-corrected chi connectivity index (χ1v) is 4.98. The second-order valence-corrected chi connectivity index (χ2v) is 4.37. The lowest BCUT2D eigenvalue weighted by Crippen LogP contribution is -2.31. The van der Waals surface area contributed by atoms with E-state index in [9.17, 15) is 9.59 Å². The van der Waals surface area contributed by atoms with Crippen LogP contribution in [0, 0.1) is 11.8 Å². The number of hydrogen-bond acceptors (Lipinski definition) is 2. The Morgan fingerprint density at radius 2 is 2.29 bits per heavy atom. The van der Waals surface area contributed by atoms with Crippen LogP contribution in [0.4, 0.5) is 0 Å². The van der Waals surface area contributed by atoms with E-state index in [-0.39, 0.29) is 12.5 Å². The van der Waals surface area contributed by atoms with Crippen LogP contribution in [0.15, 0.2) is 0 Å². The Kier molecular flexibility index (Phi) is 3.49. The molecule has 1 aliphatic rings. The van der Waals surface area contributed by atoms with E-state index in [0.29, 0.717) is 24.8 Å². The van der Waals surface area contributed by atoms with E-state index in [1.807, 2.05) is 0 Å². The molecule has 0 bridgehead atoms. The molecule has 4 heteroatoms. The van der Waals surface area contributed by atoms with Crippen LogP contribution in [0.25, 0.3) is 0 Å². The fraction of sp³-hybridized carbons (Fsp3) is 0.800. The Bertz CT molecular complexity index is 238. The molecule has 0 spiro atoms. The summed E-state index contributed by atoms with van der Waals surface area (Å²) < 4.78 is 0. The van der Waals surface area contributed by atoms with Crippen molar-refractivity contribution in [3.05, 3.63) is 0 Å². The summed E-state index contributed by atoms with van der Waals surface area (Å²) in [4.78, 5) is 23.2. The third-order valence-electron chi connectivity index (χ3n) is 2.43. The smallest absolute Gasteiger partial charge is 0.323 e. The topological polar surface area (TPSA) is 57.6 Å². The first-order chi connectivity index (χ1) is 6.49. The molecule has 80 valence electrons. The van der Waals surface area contributed by atoms with Crippen LogP contribution in [-0.2, 0) is 9.59 Å². The zero-order valence-corrected chi connectivity index (χ0v) is 8.69. The number of likely N-dealkylation sites (tertiary alicyclic amines) is 1. The van der Waals surface area contributed by atoms with Crippen molar-refractivity contribution < 1.29 is 14.7 Å². The zero-order valence-electron chi connectivity index (χ0n) is 8.69. The number of hydrogen-bond donors (Lipinski definition) is 1. The number of aliphatic carboxylic acids is 1. The number of amides is 1. The van der Waals surface area contributed by atoms with Crippen molar-refractivity contribution in [3.8, 4) is 0 Å². The molecular formula is C10H17NO3. The van der Waals surface area contributed by atoms with Crippen molar-refractivity contribution in [2.75, 3.05) is 13.1 Å². The van der Waals surface area contributed by atoms with Crippen molar-refractivity contribution in [2.24, 2.45) is 11.8 Å².